The Hall–Kier alpha value is -7.07. The third-order valence-electron chi connectivity index (χ3n) is 9.40. The SMILES string of the molecule is NC(=O)c1cccc2c1c1c(OCC(=O)O)cccc1n2Cc1cccc(F)c1.NC(=O)c1cccc2c1c1c(OCC(=O)O)cccc1n2Cc1ccccc1.[H-].[Li+]. The van der Waals surface area contributed by atoms with Crippen LogP contribution in [0.25, 0.3) is 43.6 Å². The summed E-state index contributed by atoms with van der Waals surface area (Å²) in [4.78, 5) is 46.1. The van der Waals surface area contributed by atoms with E-state index in [4.69, 9.17) is 31.2 Å². The molecule has 58 heavy (non-hydrogen) atoms. The number of hydrogen-bond donors (Lipinski definition) is 4. The first-order chi connectivity index (χ1) is 27.5. The van der Waals surface area contributed by atoms with Gasteiger partial charge in [0.15, 0.2) is 13.2 Å². The first kappa shape index (κ1) is 40.6. The summed E-state index contributed by atoms with van der Waals surface area (Å²) >= 11 is 0. The van der Waals surface area contributed by atoms with Crippen molar-refractivity contribution < 1.29 is 63.5 Å². The van der Waals surface area contributed by atoms with Gasteiger partial charge < -0.3 is 41.7 Å². The predicted molar refractivity (Wildman–Crippen MR) is 214 cm³/mol. The zero-order valence-electron chi connectivity index (χ0n) is 32.2. The van der Waals surface area contributed by atoms with Crippen molar-refractivity contribution in [3.8, 4) is 11.5 Å². The third kappa shape index (κ3) is 8.22. The van der Waals surface area contributed by atoms with Crippen LogP contribution in [-0.4, -0.2) is 56.3 Å². The summed E-state index contributed by atoms with van der Waals surface area (Å²) in [5.74, 6) is -2.93. The number of carboxylic acids is 2. The Morgan fingerprint density at radius 3 is 1.36 bits per heavy atom. The number of carboxylic acid groups (broad SMARTS) is 2. The Kier molecular flexibility index (Phi) is 12.2. The molecule has 0 bridgehead atoms. The van der Waals surface area contributed by atoms with Gasteiger partial charge in [-0.15, -0.1) is 0 Å². The van der Waals surface area contributed by atoms with Gasteiger partial charge in [-0.25, -0.2) is 14.0 Å². The van der Waals surface area contributed by atoms with Crippen molar-refractivity contribution in [1.82, 2.24) is 9.13 Å². The molecular weight excluding hydrogens is 738 g/mol. The molecular formula is C44H36FLiN4O8. The van der Waals surface area contributed by atoms with Gasteiger partial charge in [-0.1, -0.05) is 66.7 Å². The average molecular weight is 775 g/mol. The number of halogens is 1. The smallest absolute Gasteiger partial charge is 1.00 e. The van der Waals surface area contributed by atoms with Crippen molar-refractivity contribution in [1.29, 1.82) is 0 Å². The fraction of sp³-hybridized carbons (Fsp3) is 0.0909. The number of nitrogens with two attached hydrogens (primary N) is 2. The van der Waals surface area contributed by atoms with Crippen molar-refractivity contribution in [2.24, 2.45) is 11.5 Å². The minimum absolute atomic E-state index is 0. The maximum atomic E-state index is 13.7. The summed E-state index contributed by atoms with van der Waals surface area (Å²) in [6.45, 7) is -0.0502. The average Bonchev–Trinajstić information content (AvgIpc) is 3.69. The fourth-order valence-electron chi connectivity index (χ4n) is 7.16. The van der Waals surface area contributed by atoms with E-state index in [1.165, 1.54) is 12.1 Å². The number of aliphatic carboxylic acids is 2. The minimum atomic E-state index is -1.11. The molecule has 0 aliphatic carbocycles. The van der Waals surface area contributed by atoms with E-state index in [0.29, 0.717) is 62.8 Å². The van der Waals surface area contributed by atoms with Gasteiger partial charge >= 0.3 is 30.8 Å². The van der Waals surface area contributed by atoms with Crippen LogP contribution in [0.3, 0.4) is 0 Å². The number of amides is 2. The van der Waals surface area contributed by atoms with Crippen molar-refractivity contribution in [2.75, 3.05) is 13.2 Å². The van der Waals surface area contributed by atoms with E-state index in [9.17, 15) is 23.6 Å². The zero-order valence-corrected chi connectivity index (χ0v) is 31.2. The molecule has 6 aromatic carbocycles. The Morgan fingerprint density at radius 2 is 0.931 bits per heavy atom. The third-order valence-corrected chi connectivity index (χ3v) is 9.40. The van der Waals surface area contributed by atoms with Crippen LogP contribution in [0, 0.1) is 5.82 Å². The molecule has 2 aromatic heterocycles. The van der Waals surface area contributed by atoms with Crippen molar-refractivity contribution in [3.63, 3.8) is 0 Å². The second-order valence-corrected chi connectivity index (χ2v) is 13.1. The Balaban J connectivity index is 0.000000217. The summed E-state index contributed by atoms with van der Waals surface area (Å²) in [7, 11) is 0. The molecule has 288 valence electrons. The largest absolute Gasteiger partial charge is 1.00 e. The fourth-order valence-corrected chi connectivity index (χ4v) is 7.16. The number of ether oxygens (including phenoxy) is 2. The number of aromatic nitrogens is 2. The van der Waals surface area contributed by atoms with Gasteiger partial charge in [-0.3, -0.25) is 9.59 Å². The van der Waals surface area contributed by atoms with Crippen LogP contribution < -0.4 is 39.8 Å². The van der Waals surface area contributed by atoms with E-state index in [-0.39, 0.29) is 26.1 Å². The molecule has 6 N–H and O–H groups in total. The van der Waals surface area contributed by atoms with E-state index in [1.54, 1.807) is 48.5 Å². The number of nitrogens with zero attached hydrogens (tertiary/aromatic N) is 2. The quantitative estimate of drug-likeness (QED) is 0.134. The molecule has 0 atom stereocenters. The molecule has 8 aromatic rings. The topological polar surface area (TPSA) is 189 Å². The zero-order chi connectivity index (χ0) is 40.2. The molecule has 2 amide bonds. The van der Waals surface area contributed by atoms with E-state index >= 15 is 0 Å². The molecule has 0 saturated heterocycles. The molecule has 0 aliphatic rings. The number of fused-ring (bicyclic) bond motifs is 6. The van der Waals surface area contributed by atoms with Gasteiger partial charge in [-0.2, -0.15) is 0 Å². The van der Waals surface area contributed by atoms with Crippen LogP contribution in [-0.2, 0) is 22.7 Å². The maximum absolute atomic E-state index is 13.7. The molecule has 12 nitrogen and oxygen atoms in total. The summed E-state index contributed by atoms with van der Waals surface area (Å²) in [5, 5.41) is 20.5. The van der Waals surface area contributed by atoms with Gasteiger partial charge in [0.25, 0.3) is 0 Å². The standard InChI is InChI=1S/C22H17FN2O4.C22H18N2O4.Li.H/c23-14-5-1-4-13(10-14)11-25-16-7-2-6-15(22(24)28)20(16)21-17(25)8-3-9-18(21)29-12-19(26)27;23-22(27)15-8-4-9-16-20(15)21-17(10-5-11-18(21)28-13-19(25)26)24(16)12-14-6-2-1-3-7-14;;/h1-10H,11-12H2,(H2,24,28)(H,26,27);1-11H,12-13H2,(H2,23,27)(H,25,26);;/q;;+1;-1. The van der Waals surface area contributed by atoms with Gasteiger partial charge in [0.2, 0.25) is 11.8 Å². The summed E-state index contributed by atoms with van der Waals surface area (Å²) < 4.78 is 28.7. The second-order valence-electron chi connectivity index (χ2n) is 13.1. The second kappa shape index (κ2) is 17.4. The van der Waals surface area contributed by atoms with Gasteiger partial charge in [-0.05, 0) is 71.8 Å². The first-order valence-corrected chi connectivity index (χ1v) is 17.7. The van der Waals surface area contributed by atoms with E-state index < -0.39 is 37.0 Å². The molecule has 8 rings (SSSR count). The van der Waals surface area contributed by atoms with Gasteiger partial charge in [0, 0.05) is 35.0 Å². The number of primary amides is 2. The maximum Gasteiger partial charge on any atom is 1.00 e. The van der Waals surface area contributed by atoms with Crippen molar-refractivity contribution in [3.05, 3.63) is 155 Å². The van der Waals surface area contributed by atoms with Crippen molar-refractivity contribution in [2.45, 2.75) is 13.1 Å². The van der Waals surface area contributed by atoms with E-state index in [1.807, 2.05) is 71.3 Å². The normalized spacial score (nSPS) is 10.8. The summed E-state index contributed by atoms with van der Waals surface area (Å²) in [6, 6.07) is 37.4. The number of carbonyl (C=O) groups excluding carboxylic acids is 2. The Labute approximate surface area is 343 Å². The number of benzene rings is 6. The molecule has 0 radical (unpaired) electrons. The molecule has 0 unspecified atom stereocenters. The molecule has 0 saturated carbocycles. The van der Waals surface area contributed by atoms with Crippen molar-refractivity contribution >= 4 is 67.4 Å². The Morgan fingerprint density at radius 1 is 0.534 bits per heavy atom. The van der Waals surface area contributed by atoms with Crippen LogP contribution in [0.5, 0.6) is 11.5 Å². The first-order valence-electron chi connectivity index (χ1n) is 17.7. The van der Waals surface area contributed by atoms with Crippen LogP contribution in [0.2, 0.25) is 0 Å². The molecule has 14 heteroatoms. The molecule has 0 fully saturated rings. The van der Waals surface area contributed by atoms with Crippen LogP contribution >= 0.6 is 0 Å². The summed E-state index contributed by atoms with van der Waals surface area (Å²) in [6.07, 6.45) is 0. The monoisotopic (exact) mass is 774 g/mol. The molecule has 2 heterocycles. The van der Waals surface area contributed by atoms with E-state index in [2.05, 4.69) is 4.57 Å². The van der Waals surface area contributed by atoms with Crippen LogP contribution in [0.4, 0.5) is 4.39 Å². The number of hydrogen-bond acceptors (Lipinski definition) is 6. The number of rotatable bonds is 12. The number of carbonyl (C=O) groups is 4. The minimum Gasteiger partial charge on any atom is -1.00 e. The van der Waals surface area contributed by atoms with Crippen LogP contribution in [0.1, 0.15) is 33.3 Å². The van der Waals surface area contributed by atoms with Crippen LogP contribution in [0.15, 0.2) is 127 Å². The predicted octanol–water partition coefficient (Wildman–Crippen LogP) is 4.07. The molecule has 0 spiro atoms. The molecule has 0 aliphatic heterocycles. The van der Waals surface area contributed by atoms with Gasteiger partial charge in [0.1, 0.15) is 17.3 Å². The Bertz CT molecular complexity index is 2860. The van der Waals surface area contributed by atoms with E-state index in [0.717, 1.165) is 27.7 Å². The van der Waals surface area contributed by atoms with Gasteiger partial charge in [0.05, 0.1) is 32.8 Å². The summed E-state index contributed by atoms with van der Waals surface area (Å²) in [5.41, 5.74) is 16.8.